The van der Waals surface area contributed by atoms with Crippen LogP contribution < -0.4 is 10.0 Å². The van der Waals surface area contributed by atoms with E-state index in [-0.39, 0.29) is 16.1 Å². The van der Waals surface area contributed by atoms with Crippen LogP contribution in [0.25, 0.3) is 11.3 Å². The van der Waals surface area contributed by atoms with Gasteiger partial charge in [0.2, 0.25) is 5.91 Å². The number of hydrogen-bond acceptors (Lipinski definition) is 6. The Bertz CT molecular complexity index is 1130. The van der Waals surface area contributed by atoms with E-state index < -0.39 is 10.0 Å². The smallest absolute Gasteiger partial charge is 0.261 e. The Morgan fingerprint density at radius 2 is 2.07 bits per heavy atom. The minimum absolute atomic E-state index is 0.0757. The summed E-state index contributed by atoms with van der Waals surface area (Å²) in [5.41, 5.74) is 1.62. The molecular formula is C19H17N3O4S2. The number of rotatable bonds is 4. The SMILES string of the molecule is CC1CC(=O)Nc2cc(S(=O)(=O)Nc3cccc(-c4ccno4)c3)ccc2S1. The highest BCUT2D eigenvalue weighted by Crippen LogP contribution is 2.36. The highest BCUT2D eigenvalue weighted by atomic mass is 32.2. The van der Waals surface area contributed by atoms with Gasteiger partial charge in [-0.2, -0.15) is 0 Å². The summed E-state index contributed by atoms with van der Waals surface area (Å²) in [5.74, 6) is 0.418. The minimum Gasteiger partial charge on any atom is -0.356 e. The molecule has 2 heterocycles. The Hall–Kier alpha value is -2.78. The number of amides is 1. The maximum Gasteiger partial charge on any atom is 0.261 e. The molecule has 1 aliphatic rings. The lowest BCUT2D eigenvalue weighted by molar-refractivity contribution is -0.116. The first-order chi connectivity index (χ1) is 13.4. The van der Waals surface area contributed by atoms with Crippen LogP contribution >= 0.6 is 11.8 Å². The van der Waals surface area contributed by atoms with Crippen molar-refractivity contribution in [3.8, 4) is 11.3 Å². The number of nitrogens with zero attached hydrogens (tertiary/aromatic N) is 1. The van der Waals surface area contributed by atoms with Crippen molar-refractivity contribution in [3.63, 3.8) is 0 Å². The van der Waals surface area contributed by atoms with Crippen LogP contribution in [0.5, 0.6) is 0 Å². The summed E-state index contributed by atoms with van der Waals surface area (Å²) in [7, 11) is -3.83. The van der Waals surface area contributed by atoms with Crippen molar-refractivity contribution in [1.82, 2.24) is 5.16 Å². The third-order valence-electron chi connectivity index (χ3n) is 4.17. The average molecular weight is 415 g/mol. The summed E-state index contributed by atoms with van der Waals surface area (Å²) >= 11 is 1.55. The molecule has 2 N–H and O–H groups in total. The molecule has 0 bridgehead atoms. The number of fused-ring (bicyclic) bond motifs is 1. The van der Waals surface area contributed by atoms with Crippen LogP contribution in [0.1, 0.15) is 13.3 Å². The first-order valence-electron chi connectivity index (χ1n) is 8.55. The summed E-state index contributed by atoms with van der Waals surface area (Å²) in [5, 5.41) is 6.57. The Balaban J connectivity index is 1.63. The van der Waals surface area contributed by atoms with Crippen LogP contribution in [0.4, 0.5) is 11.4 Å². The molecule has 144 valence electrons. The van der Waals surface area contributed by atoms with Gasteiger partial charge >= 0.3 is 0 Å². The number of hydrogen-bond donors (Lipinski definition) is 2. The van der Waals surface area contributed by atoms with E-state index in [0.29, 0.717) is 29.1 Å². The molecule has 1 amide bonds. The van der Waals surface area contributed by atoms with Gasteiger partial charge in [-0.1, -0.05) is 24.2 Å². The van der Waals surface area contributed by atoms with Gasteiger partial charge in [0.25, 0.3) is 10.0 Å². The molecular weight excluding hydrogens is 398 g/mol. The zero-order valence-corrected chi connectivity index (χ0v) is 16.5. The second-order valence-electron chi connectivity index (χ2n) is 6.40. The van der Waals surface area contributed by atoms with Gasteiger partial charge in [-0.25, -0.2) is 8.42 Å². The van der Waals surface area contributed by atoms with E-state index in [1.165, 1.54) is 12.3 Å². The van der Waals surface area contributed by atoms with E-state index in [1.807, 2.05) is 6.92 Å². The molecule has 28 heavy (non-hydrogen) atoms. The number of anilines is 2. The molecule has 1 atom stereocenters. The normalized spacial score (nSPS) is 16.8. The number of carbonyl (C=O) groups is 1. The predicted molar refractivity (Wildman–Crippen MR) is 108 cm³/mol. The standard InChI is InChI=1S/C19H17N3O4S2/c1-12-9-19(23)21-16-11-15(5-6-18(16)27-12)28(24,25)22-14-4-2-3-13(10-14)17-7-8-20-26-17/h2-8,10-12,22H,9H2,1H3,(H,21,23). The van der Waals surface area contributed by atoms with Crippen molar-refractivity contribution in [2.24, 2.45) is 0 Å². The Labute approximate surface area is 166 Å². The van der Waals surface area contributed by atoms with Crippen LogP contribution in [0.15, 0.2) is 69.0 Å². The van der Waals surface area contributed by atoms with Crippen LogP contribution in [0.3, 0.4) is 0 Å². The molecule has 0 fully saturated rings. The van der Waals surface area contributed by atoms with Gasteiger partial charge in [0.05, 0.1) is 16.8 Å². The predicted octanol–water partition coefficient (Wildman–Crippen LogP) is 3.97. The van der Waals surface area contributed by atoms with E-state index in [2.05, 4.69) is 15.2 Å². The molecule has 4 rings (SSSR count). The van der Waals surface area contributed by atoms with Gasteiger partial charge in [-0.05, 0) is 30.3 Å². The molecule has 1 aliphatic heterocycles. The summed E-state index contributed by atoms with van der Waals surface area (Å²) in [6.45, 7) is 1.97. The zero-order valence-electron chi connectivity index (χ0n) is 14.9. The van der Waals surface area contributed by atoms with Crippen molar-refractivity contribution in [3.05, 3.63) is 54.7 Å². The first-order valence-corrected chi connectivity index (χ1v) is 10.9. The fraction of sp³-hybridized carbons (Fsp3) is 0.158. The zero-order chi connectivity index (χ0) is 19.7. The minimum atomic E-state index is -3.83. The molecule has 1 aromatic heterocycles. The van der Waals surface area contributed by atoms with Gasteiger partial charge in [-0.15, -0.1) is 11.8 Å². The van der Waals surface area contributed by atoms with Crippen molar-refractivity contribution in [1.29, 1.82) is 0 Å². The molecule has 3 aromatic rings. The monoisotopic (exact) mass is 415 g/mol. The molecule has 0 saturated heterocycles. The second kappa shape index (κ2) is 7.33. The number of thioether (sulfide) groups is 1. The van der Waals surface area contributed by atoms with E-state index in [4.69, 9.17) is 4.52 Å². The van der Waals surface area contributed by atoms with E-state index in [0.717, 1.165) is 4.90 Å². The van der Waals surface area contributed by atoms with Gasteiger partial charge in [0.1, 0.15) is 0 Å². The molecule has 2 aromatic carbocycles. The molecule has 0 saturated carbocycles. The summed E-state index contributed by atoms with van der Waals surface area (Å²) in [4.78, 5) is 12.9. The Morgan fingerprint density at radius 1 is 1.21 bits per heavy atom. The van der Waals surface area contributed by atoms with E-state index >= 15 is 0 Å². The number of sulfonamides is 1. The molecule has 0 radical (unpaired) electrons. The van der Waals surface area contributed by atoms with Gasteiger partial charge in [0.15, 0.2) is 5.76 Å². The van der Waals surface area contributed by atoms with Crippen molar-refractivity contribution < 1.29 is 17.7 Å². The lowest BCUT2D eigenvalue weighted by Crippen LogP contribution is -2.15. The Kier molecular flexibility index (Phi) is 4.86. The highest BCUT2D eigenvalue weighted by molar-refractivity contribution is 8.00. The van der Waals surface area contributed by atoms with E-state index in [9.17, 15) is 13.2 Å². The van der Waals surface area contributed by atoms with Crippen LogP contribution in [0.2, 0.25) is 0 Å². The second-order valence-corrected chi connectivity index (χ2v) is 9.56. The summed E-state index contributed by atoms with van der Waals surface area (Å²) in [6.07, 6.45) is 1.91. The lowest BCUT2D eigenvalue weighted by atomic mass is 10.1. The third kappa shape index (κ3) is 3.90. The van der Waals surface area contributed by atoms with Crippen molar-refractivity contribution >= 4 is 39.1 Å². The largest absolute Gasteiger partial charge is 0.356 e. The van der Waals surface area contributed by atoms with Gasteiger partial charge in [0, 0.05) is 33.9 Å². The van der Waals surface area contributed by atoms with Crippen LogP contribution in [0, 0.1) is 0 Å². The maximum absolute atomic E-state index is 12.9. The van der Waals surface area contributed by atoms with E-state index in [1.54, 1.807) is 54.2 Å². The molecule has 0 aliphatic carbocycles. The van der Waals surface area contributed by atoms with Crippen LogP contribution in [-0.4, -0.2) is 24.7 Å². The molecule has 9 heteroatoms. The lowest BCUT2D eigenvalue weighted by Gasteiger charge is -2.12. The quantitative estimate of drug-likeness (QED) is 0.669. The molecule has 7 nitrogen and oxygen atoms in total. The number of carbonyl (C=O) groups excluding carboxylic acids is 1. The van der Waals surface area contributed by atoms with Crippen molar-refractivity contribution in [2.75, 3.05) is 10.0 Å². The summed E-state index contributed by atoms with van der Waals surface area (Å²) < 4.78 is 33.4. The van der Waals surface area contributed by atoms with Gasteiger partial charge < -0.3 is 9.84 Å². The number of benzene rings is 2. The first kappa shape index (κ1) is 18.6. The number of aromatic nitrogens is 1. The maximum atomic E-state index is 12.9. The number of nitrogens with one attached hydrogen (secondary N) is 2. The average Bonchev–Trinajstić information content (AvgIpc) is 3.12. The van der Waals surface area contributed by atoms with Crippen LogP contribution in [-0.2, 0) is 14.8 Å². The topological polar surface area (TPSA) is 101 Å². The third-order valence-corrected chi connectivity index (χ3v) is 6.73. The van der Waals surface area contributed by atoms with Gasteiger partial charge in [-0.3, -0.25) is 9.52 Å². The summed E-state index contributed by atoms with van der Waals surface area (Å²) in [6, 6.07) is 13.3. The fourth-order valence-electron chi connectivity index (χ4n) is 2.91. The molecule has 0 spiro atoms. The van der Waals surface area contributed by atoms with Crippen molar-refractivity contribution in [2.45, 2.75) is 28.4 Å². The fourth-order valence-corrected chi connectivity index (χ4v) is 5.04. The molecule has 1 unspecified atom stereocenters. The highest BCUT2D eigenvalue weighted by Gasteiger charge is 2.22. The Morgan fingerprint density at radius 3 is 2.86 bits per heavy atom.